The second-order valence-corrected chi connectivity index (χ2v) is 14.1. The Balaban J connectivity index is 0.943. The normalized spacial score (nSPS) is 11.7. The lowest BCUT2D eigenvalue weighted by molar-refractivity contribution is 1.59. The highest BCUT2D eigenvalue weighted by atomic mass is 32.1. The Kier molecular flexibility index (Phi) is 6.47. The van der Waals surface area contributed by atoms with Crippen molar-refractivity contribution in [1.82, 2.24) is 0 Å². The first kappa shape index (κ1) is 28.0. The molecule has 1 heteroatoms. The molecule has 0 saturated carbocycles. The molecule has 0 atom stereocenters. The van der Waals surface area contributed by atoms with Gasteiger partial charge in [0.2, 0.25) is 0 Å². The fraction of sp³-hybridized carbons (Fsp3) is 0. The van der Waals surface area contributed by atoms with Crippen molar-refractivity contribution < 1.29 is 0 Å². The molecule has 10 rings (SSSR count). The van der Waals surface area contributed by atoms with E-state index in [1.54, 1.807) is 0 Å². The molecule has 1 heterocycles. The Labute approximate surface area is 289 Å². The number of rotatable bonds is 4. The van der Waals surface area contributed by atoms with E-state index < -0.39 is 0 Å². The van der Waals surface area contributed by atoms with Gasteiger partial charge in [0.05, 0.1) is 0 Å². The summed E-state index contributed by atoms with van der Waals surface area (Å²) in [6, 6.07) is 67.1. The molecule has 0 bridgehead atoms. The third-order valence-corrected chi connectivity index (χ3v) is 11.2. The maximum atomic E-state index is 2.36. The molecular weight excluding hydrogens is 609 g/mol. The van der Waals surface area contributed by atoms with E-state index in [9.17, 15) is 0 Å². The van der Waals surface area contributed by atoms with Crippen molar-refractivity contribution in [3.05, 3.63) is 182 Å². The standard InChI is InChI=1S/C48H30S/c1-2-7-34-27-38(17-16-31(34)6-1)36-9-5-8-35(26-36)32-12-14-33(15-13-32)37-20-23-43-41(28-37)18-19-42-29-39(21-24-44(42)43)40-22-25-48-46(30-40)45-10-3-4-11-47(45)49-48/h1-30H. The van der Waals surface area contributed by atoms with Crippen LogP contribution in [0.2, 0.25) is 0 Å². The third kappa shape index (κ3) is 4.90. The van der Waals surface area contributed by atoms with Crippen LogP contribution in [-0.4, -0.2) is 0 Å². The molecule has 0 radical (unpaired) electrons. The highest BCUT2D eigenvalue weighted by Gasteiger charge is 2.10. The molecule has 0 aliphatic carbocycles. The zero-order chi connectivity index (χ0) is 32.3. The summed E-state index contributed by atoms with van der Waals surface area (Å²) in [6.07, 6.45) is 0. The first-order chi connectivity index (χ1) is 24.2. The molecule has 0 amide bonds. The topological polar surface area (TPSA) is 0 Å². The fourth-order valence-electron chi connectivity index (χ4n) is 7.44. The van der Waals surface area contributed by atoms with E-state index in [1.807, 2.05) is 11.3 Å². The summed E-state index contributed by atoms with van der Waals surface area (Å²) < 4.78 is 2.69. The predicted molar refractivity (Wildman–Crippen MR) is 214 cm³/mol. The lowest BCUT2D eigenvalue weighted by Crippen LogP contribution is -1.85. The highest BCUT2D eigenvalue weighted by Crippen LogP contribution is 2.38. The van der Waals surface area contributed by atoms with E-state index in [1.165, 1.54) is 97.0 Å². The number of thiophene rings is 1. The number of hydrogen-bond acceptors (Lipinski definition) is 1. The molecular formula is C48H30S. The van der Waals surface area contributed by atoms with E-state index in [2.05, 4.69) is 182 Å². The first-order valence-electron chi connectivity index (χ1n) is 16.8. The minimum Gasteiger partial charge on any atom is -0.135 e. The van der Waals surface area contributed by atoms with Crippen molar-refractivity contribution in [2.75, 3.05) is 0 Å². The van der Waals surface area contributed by atoms with Crippen molar-refractivity contribution in [3.8, 4) is 44.5 Å². The quantitative estimate of drug-likeness (QED) is 0.168. The van der Waals surface area contributed by atoms with Gasteiger partial charge in [0.1, 0.15) is 0 Å². The zero-order valence-electron chi connectivity index (χ0n) is 26.7. The third-order valence-electron chi connectivity index (χ3n) is 10.0. The van der Waals surface area contributed by atoms with Gasteiger partial charge in [0.25, 0.3) is 0 Å². The van der Waals surface area contributed by atoms with Crippen LogP contribution < -0.4 is 0 Å². The molecule has 0 nitrogen and oxygen atoms in total. The van der Waals surface area contributed by atoms with E-state index in [0.717, 1.165) is 0 Å². The molecule has 0 spiro atoms. The van der Waals surface area contributed by atoms with Gasteiger partial charge >= 0.3 is 0 Å². The van der Waals surface area contributed by atoms with Crippen LogP contribution in [0.5, 0.6) is 0 Å². The van der Waals surface area contributed by atoms with Gasteiger partial charge in [0.15, 0.2) is 0 Å². The van der Waals surface area contributed by atoms with Crippen molar-refractivity contribution >= 4 is 63.8 Å². The van der Waals surface area contributed by atoms with Crippen molar-refractivity contribution in [2.24, 2.45) is 0 Å². The SMILES string of the molecule is c1cc(-c2ccc(-c3ccc4c(ccc5cc(-c6ccc7sc8ccccc8c7c6)ccc54)c3)cc2)cc(-c2ccc3ccccc3c2)c1. The summed E-state index contributed by atoms with van der Waals surface area (Å²) in [5.74, 6) is 0. The predicted octanol–water partition coefficient (Wildman–Crippen LogP) is 14.2. The van der Waals surface area contributed by atoms with Crippen LogP contribution in [0.3, 0.4) is 0 Å². The van der Waals surface area contributed by atoms with Gasteiger partial charge in [-0.2, -0.15) is 0 Å². The number of fused-ring (bicyclic) bond motifs is 7. The van der Waals surface area contributed by atoms with Crippen LogP contribution in [0.4, 0.5) is 0 Å². The van der Waals surface area contributed by atoms with E-state index >= 15 is 0 Å². The summed E-state index contributed by atoms with van der Waals surface area (Å²) in [4.78, 5) is 0. The Bertz CT molecular complexity index is 2870. The van der Waals surface area contributed by atoms with Gasteiger partial charge in [-0.1, -0.05) is 140 Å². The average Bonchev–Trinajstić information content (AvgIpc) is 3.55. The molecule has 10 aromatic rings. The lowest BCUT2D eigenvalue weighted by Gasteiger charge is -2.11. The van der Waals surface area contributed by atoms with Crippen LogP contribution in [0.15, 0.2) is 182 Å². The van der Waals surface area contributed by atoms with Crippen LogP contribution in [0.1, 0.15) is 0 Å². The molecule has 9 aromatic carbocycles. The van der Waals surface area contributed by atoms with Crippen LogP contribution in [0.25, 0.3) is 97.0 Å². The van der Waals surface area contributed by atoms with Gasteiger partial charge in [-0.15, -0.1) is 11.3 Å². The first-order valence-corrected chi connectivity index (χ1v) is 17.6. The molecule has 0 fully saturated rings. The Morgan fingerprint density at radius 1 is 0.224 bits per heavy atom. The van der Waals surface area contributed by atoms with Crippen LogP contribution in [-0.2, 0) is 0 Å². The van der Waals surface area contributed by atoms with Crippen molar-refractivity contribution in [3.63, 3.8) is 0 Å². The van der Waals surface area contributed by atoms with E-state index in [4.69, 9.17) is 0 Å². The Hall–Kier alpha value is -6.02. The minimum atomic E-state index is 1.22. The highest BCUT2D eigenvalue weighted by molar-refractivity contribution is 7.25. The van der Waals surface area contributed by atoms with E-state index in [0.29, 0.717) is 0 Å². The molecule has 0 aliphatic heterocycles. The van der Waals surface area contributed by atoms with Gasteiger partial charge < -0.3 is 0 Å². The average molecular weight is 639 g/mol. The molecule has 0 saturated heterocycles. The van der Waals surface area contributed by atoms with Gasteiger partial charge in [-0.05, 0) is 119 Å². The Morgan fingerprint density at radius 2 is 0.694 bits per heavy atom. The fourth-order valence-corrected chi connectivity index (χ4v) is 8.52. The molecule has 1 aromatic heterocycles. The minimum absolute atomic E-state index is 1.22. The summed E-state index contributed by atoms with van der Waals surface area (Å²) in [6.45, 7) is 0. The van der Waals surface area contributed by atoms with Crippen LogP contribution >= 0.6 is 11.3 Å². The maximum absolute atomic E-state index is 2.36. The number of benzene rings is 9. The molecule has 228 valence electrons. The monoisotopic (exact) mass is 638 g/mol. The van der Waals surface area contributed by atoms with Gasteiger partial charge in [0, 0.05) is 20.2 Å². The largest absolute Gasteiger partial charge is 0.135 e. The number of hydrogen-bond donors (Lipinski definition) is 0. The van der Waals surface area contributed by atoms with Gasteiger partial charge in [-0.3, -0.25) is 0 Å². The summed E-state index contributed by atoms with van der Waals surface area (Å²) in [5.41, 5.74) is 9.90. The second kappa shape index (κ2) is 11.3. The molecule has 0 aliphatic rings. The lowest BCUT2D eigenvalue weighted by atomic mass is 9.94. The maximum Gasteiger partial charge on any atom is 0.0355 e. The zero-order valence-corrected chi connectivity index (χ0v) is 27.5. The molecule has 49 heavy (non-hydrogen) atoms. The summed E-state index contributed by atoms with van der Waals surface area (Å²) in [5, 5.41) is 10.3. The summed E-state index contributed by atoms with van der Waals surface area (Å²) >= 11 is 1.87. The summed E-state index contributed by atoms with van der Waals surface area (Å²) in [7, 11) is 0. The van der Waals surface area contributed by atoms with Crippen molar-refractivity contribution in [2.45, 2.75) is 0 Å². The van der Waals surface area contributed by atoms with E-state index in [-0.39, 0.29) is 0 Å². The second-order valence-electron chi connectivity index (χ2n) is 13.0. The Morgan fingerprint density at radius 3 is 1.43 bits per heavy atom. The molecule has 0 unspecified atom stereocenters. The van der Waals surface area contributed by atoms with Crippen molar-refractivity contribution in [1.29, 1.82) is 0 Å². The smallest absolute Gasteiger partial charge is 0.0355 e. The van der Waals surface area contributed by atoms with Gasteiger partial charge in [-0.25, -0.2) is 0 Å². The van der Waals surface area contributed by atoms with Crippen LogP contribution in [0, 0.1) is 0 Å². The molecule has 0 N–H and O–H groups in total.